The Hall–Kier alpha value is -2.43. The third kappa shape index (κ3) is 3.27. The summed E-state index contributed by atoms with van der Waals surface area (Å²) >= 11 is 0. The van der Waals surface area contributed by atoms with Crippen molar-refractivity contribution in [1.29, 1.82) is 0 Å². The lowest BCUT2D eigenvalue weighted by atomic mass is 10.2. The number of H-pyrrole nitrogens is 1. The number of rotatable bonds is 3. The number of benzene rings is 1. The molecule has 0 bridgehead atoms. The van der Waals surface area contributed by atoms with Gasteiger partial charge in [-0.1, -0.05) is 12.1 Å². The van der Waals surface area contributed by atoms with Crippen molar-refractivity contribution in [1.82, 2.24) is 10.2 Å². The Balaban J connectivity index is 1.99. The molecule has 1 aromatic heterocycles. The standard InChI is InChI=1S/C12H10FN3O/c13-10-3-1-2-9(6-10)4-5-12(17)16-11-7-14-15-8-11/h1-8H,(H,14,15)(H,16,17)/b5-4+. The summed E-state index contributed by atoms with van der Waals surface area (Å²) in [6, 6.07) is 6.00. The van der Waals surface area contributed by atoms with Crippen LogP contribution in [0.3, 0.4) is 0 Å². The van der Waals surface area contributed by atoms with E-state index in [9.17, 15) is 9.18 Å². The largest absolute Gasteiger partial charge is 0.320 e. The predicted molar refractivity (Wildman–Crippen MR) is 62.7 cm³/mol. The number of nitrogens with one attached hydrogen (secondary N) is 2. The number of hydrogen-bond acceptors (Lipinski definition) is 2. The van der Waals surface area contributed by atoms with Gasteiger partial charge in [0.2, 0.25) is 5.91 Å². The maximum atomic E-state index is 12.8. The van der Waals surface area contributed by atoms with E-state index in [1.165, 1.54) is 24.4 Å². The van der Waals surface area contributed by atoms with Gasteiger partial charge in [-0.2, -0.15) is 5.10 Å². The van der Waals surface area contributed by atoms with E-state index in [4.69, 9.17) is 0 Å². The van der Waals surface area contributed by atoms with Crippen LogP contribution >= 0.6 is 0 Å². The topological polar surface area (TPSA) is 57.8 Å². The third-order valence-electron chi connectivity index (χ3n) is 2.04. The second-order valence-corrected chi connectivity index (χ2v) is 3.36. The van der Waals surface area contributed by atoms with Crippen LogP contribution < -0.4 is 5.32 Å². The maximum absolute atomic E-state index is 12.8. The summed E-state index contributed by atoms with van der Waals surface area (Å²) in [4.78, 5) is 11.4. The Bertz CT molecular complexity index is 534. The highest BCUT2D eigenvalue weighted by Gasteiger charge is 1.98. The molecule has 17 heavy (non-hydrogen) atoms. The van der Waals surface area contributed by atoms with Gasteiger partial charge in [-0.05, 0) is 23.8 Å². The van der Waals surface area contributed by atoms with Crippen molar-refractivity contribution in [3.8, 4) is 0 Å². The van der Waals surface area contributed by atoms with Crippen LogP contribution in [-0.2, 0) is 4.79 Å². The summed E-state index contributed by atoms with van der Waals surface area (Å²) in [6.07, 6.45) is 5.93. The van der Waals surface area contributed by atoms with E-state index < -0.39 is 0 Å². The van der Waals surface area contributed by atoms with Crippen molar-refractivity contribution in [3.63, 3.8) is 0 Å². The monoisotopic (exact) mass is 231 g/mol. The van der Waals surface area contributed by atoms with Crippen LogP contribution in [0, 0.1) is 5.82 Å². The minimum Gasteiger partial charge on any atom is -0.320 e. The molecule has 0 atom stereocenters. The summed E-state index contributed by atoms with van der Waals surface area (Å²) < 4.78 is 12.8. The quantitative estimate of drug-likeness (QED) is 0.795. The molecular formula is C12H10FN3O. The normalized spacial score (nSPS) is 10.6. The van der Waals surface area contributed by atoms with E-state index in [0.29, 0.717) is 11.3 Å². The highest BCUT2D eigenvalue weighted by Crippen LogP contribution is 2.06. The number of carbonyl (C=O) groups excluding carboxylic acids is 1. The molecule has 0 fully saturated rings. The lowest BCUT2D eigenvalue weighted by Gasteiger charge is -1.96. The molecule has 0 unspecified atom stereocenters. The first-order valence-electron chi connectivity index (χ1n) is 4.97. The van der Waals surface area contributed by atoms with E-state index in [-0.39, 0.29) is 11.7 Å². The minimum atomic E-state index is -0.331. The van der Waals surface area contributed by atoms with E-state index in [0.717, 1.165) is 0 Å². The van der Waals surface area contributed by atoms with E-state index in [1.54, 1.807) is 24.4 Å². The summed E-state index contributed by atoms with van der Waals surface area (Å²) in [5.74, 6) is -0.627. The molecule has 0 saturated carbocycles. The van der Waals surface area contributed by atoms with Crippen LogP contribution in [-0.4, -0.2) is 16.1 Å². The third-order valence-corrected chi connectivity index (χ3v) is 2.04. The lowest BCUT2D eigenvalue weighted by Crippen LogP contribution is -2.06. The van der Waals surface area contributed by atoms with Crippen molar-refractivity contribution in [2.24, 2.45) is 0 Å². The van der Waals surface area contributed by atoms with Crippen molar-refractivity contribution < 1.29 is 9.18 Å². The van der Waals surface area contributed by atoms with Crippen LogP contribution in [0.4, 0.5) is 10.1 Å². The van der Waals surface area contributed by atoms with Gasteiger partial charge in [0.05, 0.1) is 11.9 Å². The summed E-state index contributed by atoms with van der Waals surface area (Å²) in [5, 5.41) is 8.86. The average Bonchev–Trinajstić information content (AvgIpc) is 2.79. The number of nitrogens with zero attached hydrogens (tertiary/aromatic N) is 1. The lowest BCUT2D eigenvalue weighted by molar-refractivity contribution is -0.111. The van der Waals surface area contributed by atoms with Gasteiger partial charge in [0.25, 0.3) is 0 Å². The van der Waals surface area contributed by atoms with Crippen molar-refractivity contribution >= 4 is 17.7 Å². The highest BCUT2D eigenvalue weighted by atomic mass is 19.1. The number of aromatic amines is 1. The molecule has 1 aromatic carbocycles. The fraction of sp³-hybridized carbons (Fsp3) is 0. The zero-order chi connectivity index (χ0) is 12.1. The van der Waals surface area contributed by atoms with Crippen LogP contribution in [0.1, 0.15) is 5.56 Å². The molecule has 0 saturated heterocycles. The van der Waals surface area contributed by atoms with Gasteiger partial charge >= 0.3 is 0 Å². The van der Waals surface area contributed by atoms with Gasteiger partial charge in [-0.15, -0.1) is 0 Å². The van der Waals surface area contributed by atoms with Gasteiger partial charge in [0, 0.05) is 12.3 Å². The van der Waals surface area contributed by atoms with Gasteiger partial charge in [-0.3, -0.25) is 9.89 Å². The minimum absolute atomic E-state index is 0.296. The zero-order valence-corrected chi connectivity index (χ0v) is 8.85. The van der Waals surface area contributed by atoms with Crippen LogP contribution in [0.15, 0.2) is 42.7 Å². The summed E-state index contributed by atoms with van der Waals surface area (Å²) in [5.41, 5.74) is 1.21. The molecule has 4 nitrogen and oxygen atoms in total. The molecule has 1 amide bonds. The molecule has 2 N–H and O–H groups in total. The van der Waals surface area contributed by atoms with Crippen LogP contribution in [0.2, 0.25) is 0 Å². The maximum Gasteiger partial charge on any atom is 0.248 e. The Labute approximate surface area is 97.2 Å². The molecule has 0 aliphatic heterocycles. The molecule has 86 valence electrons. The van der Waals surface area contributed by atoms with Crippen molar-refractivity contribution in [2.45, 2.75) is 0 Å². The Morgan fingerprint density at radius 1 is 1.47 bits per heavy atom. The SMILES string of the molecule is O=C(/C=C/c1cccc(F)c1)Nc1cn[nH]c1. The van der Waals surface area contributed by atoms with Crippen molar-refractivity contribution in [2.75, 3.05) is 5.32 Å². The average molecular weight is 231 g/mol. The zero-order valence-electron chi connectivity index (χ0n) is 8.85. The number of halogens is 1. The number of carbonyl (C=O) groups is 1. The second-order valence-electron chi connectivity index (χ2n) is 3.36. The smallest absolute Gasteiger partial charge is 0.248 e. The first-order chi connectivity index (χ1) is 8.24. The first kappa shape index (κ1) is 11.1. The Morgan fingerprint density at radius 3 is 3.06 bits per heavy atom. The number of aromatic nitrogens is 2. The molecule has 2 rings (SSSR count). The molecule has 0 radical (unpaired) electrons. The number of hydrogen-bond donors (Lipinski definition) is 2. The van der Waals surface area contributed by atoms with Gasteiger partial charge < -0.3 is 5.32 Å². The fourth-order valence-electron chi connectivity index (χ4n) is 1.29. The molecule has 2 aromatic rings. The van der Waals surface area contributed by atoms with Gasteiger partial charge in [0.1, 0.15) is 5.82 Å². The fourth-order valence-corrected chi connectivity index (χ4v) is 1.29. The van der Waals surface area contributed by atoms with Crippen LogP contribution in [0.5, 0.6) is 0 Å². The molecule has 0 aliphatic carbocycles. The van der Waals surface area contributed by atoms with Gasteiger partial charge in [0.15, 0.2) is 0 Å². The molecule has 1 heterocycles. The summed E-state index contributed by atoms with van der Waals surface area (Å²) in [7, 11) is 0. The van der Waals surface area contributed by atoms with Crippen molar-refractivity contribution in [3.05, 3.63) is 54.1 Å². The number of amides is 1. The predicted octanol–water partition coefficient (Wildman–Crippen LogP) is 2.20. The second kappa shape index (κ2) is 5.07. The molecule has 5 heteroatoms. The Morgan fingerprint density at radius 2 is 2.35 bits per heavy atom. The first-order valence-corrected chi connectivity index (χ1v) is 4.97. The molecular weight excluding hydrogens is 221 g/mol. The van der Waals surface area contributed by atoms with E-state index in [1.807, 2.05) is 0 Å². The molecule has 0 aliphatic rings. The summed E-state index contributed by atoms with van der Waals surface area (Å²) in [6.45, 7) is 0. The Kier molecular flexibility index (Phi) is 3.30. The van der Waals surface area contributed by atoms with Crippen LogP contribution in [0.25, 0.3) is 6.08 Å². The van der Waals surface area contributed by atoms with E-state index >= 15 is 0 Å². The van der Waals surface area contributed by atoms with Gasteiger partial charge in [-0.25, -0.2) is 4.39 Å². The number of anilines is 1. The molecule has 0 spiro atoms. The highest BCUT2D eigenvalue weighted by molar-refractivity contribution is 6.01. The van der Waals surface area contributed by atoms with E-state index in [2.05, 4.69) is 15.5 Å².